The number of rotatable bonds is 7. The number of hydrogen-bond acceptors (Lipinski definition) is 4. The van der Waals surface area contributed by atoms with Gasteiger partial charge in [0, 0.05) is 16.4 Å². The van der Waals surface area contributed by atoms with Crippen molar-refractivity contribution in [3.63, 3.8) is 0 Å². The molecule has 0 radical (unpaired) electrons. The Morgan fingerprint density at radius 3 is 2.81 bits per heavy atom. The van der Waals surface area contributed by atoms with Crippen molar-refractivity contribution >= 4 is 34.8 Å². The van der Waals surface area contributed by atoms with Crippen molar-refractivity contribution in [1.82, 2.24) is 10.2 Å². The van der Waals surface area contributed by atoms with E-state index >= 15 is 0 Å². The molecule has 1 aromatic heterocycles. The van der Waals surface area contributed by atoms with Crippen LogP contribution in [0.3, 0.4) is 0 Å². The normalized spacial score (nSPS) is 16.5. The maximum Gasteiger partial charge on any atom is 0.242 e. The van der Waals surface area contributed by atoms with Crippen LogP contribution in [-0.4, -0.2) is 42.5 Å². The van der Waals surface area contributed by atoms with Crippen LogP contribution >= 0.6 is 22.9 Å². The van der Waals surface area contributed by atoms with E-state index in [1.54, 1.807) is 40.5 Å². The van der Waals surface area contributed by atoms with Crippen LogP contribution in [0.5, 0.6) is 5.75 Å². The number of carbonyl (C=O) groups is 2. The molecule has 1 fully saturated rings. The van der Waals surface area contributed by atoms with Gasteiger partial charge in [-0.05, 0) is 48.6 Å². The Balaban J connectivity index is 1.44. The predicted octanol–water partition coefficient (Wildman–Crippen LogP) is 3.13. The predicted molar refractivity (Wildman–Crippen MR) is 103 cm³/mol. The lowest BCUT2D eigenvalue weighted by Gasteiger charge is -2.24. The molecule has 0 spiro atoms. The van der Waals surface area contributed by atoms with Crippen molar-refractivity contribution in [3.8, 4) is 5.75 Å². The highest BCUT2D eigenvalue weighted by molar-refractivity contribution is 7.10. The molecule has 1 aromatic carbocycles. The molecule has 1 unspecified atom stereocenters. The summed E-state index contributed by atoms with van der Waals surface area (Å²) in [5.74, 6) is 0.613. The minimum absolute atomic E-state index is 0.0162. The van der Waals surface area contributed by atoms with Gasteiger partial charge >= 0.3 is 0 Å². The molecule has 5 nitrogen and oxygen atoms in total. The molecule has 2 heterocycles. The van der Waals surface area contributed by atoms with Crippen LogP contribution in [-0.2, 0) is 16.0 Å². The highest BCUT2D eigenvalue weighted by atomic mass is 35.5. The summed E-state index contributed by atoms with van der Waals surface area (Å²) < 4.78 is 5.57. The SMILES string of the molecule is O=C(NCCOc1ccc(Cl)cc1)C1CCCN1C(=O)Cc1cccs1. The van der Waals surface area contributed by atoms with Crippen LogP contribution in [0.15, 0.2) is 41.8 Å². The van der Waals surface area contributed by atoms with E-state index in [0.29, 0.717) is 43.3 Å². The smallest absolute Gasteiger partial charge is 0.242 e. The van der Waals surface area contributed by atoms with Gasteiger partial charge in [0.1, 0.15) is 18.4 Å². The van der Waals surface area contributed by atoms with Gasteiger partial charge in [0.25, 0.3) is 0 Å². The van der Waals surface area contributed by atoms with Crippen LogP contribution in [0.1, 0.15) is 17.7 Å². The molecule has 138 valence electrons. The first-order valence-electron chi connectivity index (χ1n) is 8.61. The first-order valence-corrected chi connectivity index (χ1v) is 9.87. The molecule has 7 heteroatoms. The summed E-state index contributed by atoms with van der Waals surface area (Å²) in [5, 5.41) is 5.48. The van der Waals surface area contributed by atoms with Crippen molar-refractivity contribution in [3.05, 3.63) is 51.7 Å². The topological polar surface area (TPSA) is 58.6 Å². The van der Waals surface area contributed by atoms with Gasteiger partial charge in [-0.3, -0.25) is 9.59 Å². The van der Waals surface area contributed by atoms with E-state index in [1.165, 1.54) is 0 Å². The van der Waals surface area contributed by atoms with Crippen molar-refractivity contribution in [1.29, 1.82) is 0 Å². The van der Waals surface area contributed by atoms with E-state index in [1.807, 2.05) is 17.5 Å². The van der Waals surface area contributed by atoms with Gasteiger partial charge in [0.2, 0.25) is 11.8 Å². The van der Waals surface area contributed by atoms with Gasteiger partial charge in [-0.25, -0.2) is 0 Å². The number of benzene rings is 1. The summed E-state index contributed by atoms with van der Waals surface area (Å²) in [6, 6.07) is 10.6. The lowest BCUT2D eigenvalue weighted by Crippen LogP contribution is -2.47. The Labute approximate surface area is 161 Å². The van der Waals surface area contributed by atoms with Crippen LogP contribution in [0, 0.1) is 0 Å². The van der Waals surface area contributed by atoms with Gasteiger partial charge in [-0.1, -0.05) is 17.7 Å². The summed E-state index contributed by atoms with van der Waals surface area (Å²) in [6.45, 7) is 1.40. The second kappa shape index (κ2) is 9.05. The number of ether oxygens (including phenoxy) is 1. The minimum Gasteiger partial charge on any atom is -0.492 e. The largest absolute Gasteiger partial charge is 0.492 e. The molecular formula is C19H21ClN2O3S. The van der Waals surface area contributed by atoms with Crippen molar-refractivity contribution < 1.29 is 14.3 Å². The molecule has 2 aromatic rings. The third-order valence-electron chi connectivity index (χ3n) is 4.27. The van der Waals surface area contributed by atoms with Crippen LogP contribution in [0.25, 0.3) is 0 Å². The summed E-state index contributed by atoms with van der Waals surface area (Å²) in [5.41, 5.74) is 0. The zero-order valence-electron chi connectivity index (χ0n) is 14.3. The zero-order valence-corrected chi connectivity index (χ0v) is 15.9. The molecular weight excluding hydrogens is 372 g/mol. The Morgan fingerprint density at radius 1 is 1.27 bits per heavy atom. The average molecular weight is 393 g/mol. The fraction of sp³-hybridized carbons (Fsp3) is 0.368. The Kier molecular flexibility index (Phi) is 6.52. The molecule has 3 rings (SSSR count). The number of carbonyl (C=O) groups excluding carboxylic acids is 2. The fourth-order valence-electron chi connectivity index (χ4n) is 2.99. The maximum absolute atomic E-state index is 12.5. The molecule has 0 saturated carbocycles. The van der Waals surface area contributed by atoms with Gasteiger partial charge in [-0.15, -0.1) is 11.3 Å². The molecule has 1 atom stereocenters. The van der Waals surface area contributed by atoms with Gasteiger partial charge in [0.05, 0.1) is 13.0 Å². The first-order chi connectivity index (χ1) is 12.6. The van der Waals surface area contributed by atoms with Crippen molar-refractivity contribution in [2.24, 2.45) is 0 Å². The molecule has 1 aliphatic heterocycles. The average Bonchev–Trinajstić information content (AvgIpc) is 3.31. The number of nitrogens with zero attached hydrogens (tertiary/aromatic N) is 1. The second-order valence-electron chi connectivity index (χ2n) is 6.09. The standard InChI is InChI=1S/C19H21ClN2O3S/c20-14-5-7-15(8-6-14)25-11-9-21-19(24)17-4-1-10-22(17)18(23)13-16-3-2-12-26-16/h2-3,5-8,12,17H,1,4,9-11,13H2,(H,21,24). The van der Waals surface area contributed by atoms with Gasteiger partial charge in [0.15, 0.2) is 0 Å². The molecule has 1 saturated heterocycles. The third kappa shape index (κ3) is 4.99. The molecule has 2 amide bonds. The number of thiophene rings is 1. The zero-order chi connectivity index (χ0) is 18.4. The van der Waals surface area contributed by atoms with E-state index in [9.17, 15) is 9.59 Å². The quantitative estimate of drug-likeness (QED) is 0.736. The minimum atomic E-state index is -0.377. The molecule has 1 aliphatic rings. The van der Waals surface area contributed by atoms with E-state index < -0.39 is 0 Å². The molecule has 0 aliphatic carbocycles. The number of likely N-dealkylation sites (tertiary alicyclic amines) is 1. The number of halogens is 1. The molecule has 26 heavy (non-hydrogen) atoms. The van der Waals surface area contributed by atoms with Crippen LogP contribution in [0.4, 0.5) is 0 Å². The van der Waals surface area contributed by atoms with E-state index in [4.69, 9.17) is 16.3 Å². The summed E-state index contributed by atoms with van der Waals surface area (Å²) in [4.78, 5) is 27.7. The summed E-state index contributed by atoms with van der Waals surface area (Å²) in [6.07, 6.45) is 1.93. The first kappa shape index (κ1) is 18.7. The van der Waals surface area contributed by atoms with E-state index in [-0.39, 0.29) is 17.9 Å². The summed E-state index contributed by atoms with van der Waals surface area (Å²) >= 11 is 7.39. The fourth-order valence-corrected chi connectivity index (χ4v) is 3.82. The number of amides is 2. The van der Waals surface area contributed by atoms with Crippen LogP contribution in [0.2, 0.25) is 5.02 Å². The van der Waals surface area contributed by atoms with E-state index in [2.05, 4.69) is 5.32 Å². The molecule has 1 N–H and O–H groups in total. The third-order valence-corrected chi connectivity index (χ3v) is 5.39. The Bertz CT molecular complexity index is 734. The second-order valence-corrected chi connectivity index (χ2v) is 7.56. The summed E-state index contributed by atoms with van der Waals surface area (Å²) in [7, 11) is 0. The van der Waals surface area contributed by atoms with Gasteiger partial charge < -0.3 is 15.0 Å². The highest BCUT2D eigenvalue weighted by Crippen LogP contribution is 2.20. The van der Waals surface area contributed by atoms with Gasteiger partial charge in [-0.2, -0.15) is 0 Å². The Hall–Kier alpha value is -2.05. The highest BCUT2D eigenvalue weighted by Gasteiger charge is 2.33. The van der Waals surface area contributed by atoms with Crippen LogP contribution < -0.4 is 10.1 Å². The van der Waals surface area contributed by atoms with E-state index in [0.717, 1.165) is 11.3 Å². The monoisotopic (exact) mass is 392 g/mol. The van der Waals surface area contributed by atoms with Crippen molar-refractivity contribution in [2.75, 3.05) is 19.7 Å². The Morgan fingerprint density at radius 2 is 2.08 bits per heavy atom. The van der Waals surface area contributed by atoms with Crippen molar-refractivity contribution in [2.45, 2.75) is 25.3 Å². The number of hydrogen-bond donors (Lipinski definition) is 1. The molecule has 0 bridgehead atoms. The number of nitrogens with one attached hydrogen (secondary N) is 1. The lowest BCUT2D eigenvalue weighted by atomic mass is 10.2. The lowest BCUT2D eigenvalue weighted by molar-refractivity contribution is -0.137. The maximum atomic E-state index is 12.5.